The third-order valence-corrected chi connectivity index (χ3v) is 8.03. The number of nitrogens with zero attached hydrogens (tertiary/aromatic N) is 3. The maximum atomic E-state index is 11.9. The van der Waals surface area contributed by atoms with Gasteiger partial charge >= 0.3 is 23.5 Å². The van der Waals surface area contributed by atoms with E-state index in [9.17, 15) is 28.6 Å². The van der Waals surface area contributed by atoms with Crippen molar-refractivity contribution in [1.82, 2.24) is 14.6 Å². The van der Waals surface area contributed by atoms with E-state index in [1.165, 1.54) is 10.6 Å². The molecule has 0 aromatic carbocycles. The molecule has 176 valence electrons. The summed E-state index contributed by atoms with van der Waals surface area (Å²) in [5, 5.41) is 14.6. The lowest BCUT2D eigenvalue weighted by molar-refractivity contribution is -0.0609. The van der Waals surface area contributed by atoms with Gasteiger partial charge in [-0.25, -0.2) is 23.2 Å². The van der Waals surface area contributed by atoms with E-state index >= 15 is 0 Å². The predicted molar refractivity (Wildman–Crippen MR) is 103 cm³/mol. The van der Waals surface area contributed by atoms with Crippen LogP contribution in [0.15, 0.2) is 18.5 Å². The fourth-order valence-corrected chi connectivity index (χ4v) is 6.11. The minimum absolute atomic E-state index is 0.134. The number of fused-ring (bicyclic) bond motifs is 1. The van der Waals surface area contributed by atoms with Crippen molar-refractivity contribution in [3.05, 3.63) is 24.2 Å². The van der Waals surface area contributed by atoms with E-state index in [1.54, 1.807) is 6.07 Å². The van der Waals surface area contributed by atoms with Gasteiger partial charge in [-0.15, -0.1) is 6.42 Å². The molecule has 1 fully saturated rings. The van der Waals surface area contributed by atoms with Crippen LogP contribution in [-0.4, -0.2) is 58.1 Å². The number of nitrogens with two attached hydrogens (primary N) is 1. The number of ether oxygens (including phenoxy) is 1. The summed E-state index contributed by atoms with van der Waals surface area (Å²) in [6, 6.07) is 3.04. The SMILES string of the molecule is C#CC1(c2ccc3c(N)ncnn23)OC(COP(=O)(O)OP(=O)(O)OP(=O)(O)O)CC1O. The van der Waals surface area contributed by atoms with Crippen LogP contribution in [0, 0.1) is 12.3 Å². The third-order valence-electron chi connectivity index (χ3n) is 4.22. The van der Waals surface area contributed by atoms with E-state index in [4.69, 9.17) is 26.7 Å². The fraction of sp³-hybridized carbons (Fsp3) is 0.385. The molecule has 5 unspecified atom stereocenters. The van der Waals surface area contributed by atoms with E-state index in [-0.39, 0.29) is 17.9 Å². The van der Waals surface area contributed by atoms with Crippen LogP contribution in [0.2, 0.25) is 0 Å². The topological polar surface area (TPSA) is 245 Å². The van der Waals surface area contributed by atoms with Gasteiger partial charge in [0, 0.05) is 6.42 Å². The number of aromatic nitrogens is 3. The smallest absolute Gasteiger partial charge is 0.388 e. The second kappa shape index (κ2) is 8.58. The number of phosphoric ester groups is 1. The Bertz CT molecular complexity index is 1210. The van der Waals surface area contributed by atoms with Crippen molar-refractivity contribution in [2.75, 3.05) is 12.3 Å². The minimum Gasteiger partial charge on any atom is -0.388 e. The lowest BCUT2D eigenvalue weighted by Gasteiger charge is -2.26. The van der Waals surface area contributed by atoms with Gasteiger partial charge in [0.2, 0.25) is 0 Å². The van der Waals surface area contributed by atoms with Crippen LogP contribution < -0.4 is 5.73 Å². The van der Waals surface area contributed by atoms with Gasteiger partial charge in [0.15, 0.2) is 11.4 Å². The highest BCUT2D eigenvalue weighted by Gasteiger charge is 2.51. The first-order valence-corrected chi connectivity index (χ1v) is 12.9. The lowest BCUT2D eigenvalue weighted by atomic mass is 9.93. The Morgan fingerprint density at radius 3 is 2.56 bits per heavy atom. The normalized spacial score (nSPS) is 27.6. The number of terminal acetylenes is 1. The maximum Gasteiger partial charge on any atom is 0.490 e. The number of phosphoric acid groups is 3. The Hall–Kier alpha value is -1.69. The molecule has 0 spiro atoms. The van der Waals surface area contributed by atoms with Crippen LogP contribution in [0.5, 0.6) is 0 Å². The molecule has 7 N–H and O–H groups in total. The van der Waals surface area contributed by atoms with Gasteiger partial charge in [-0.05, 0) is 12.1 Å². The fourth-order valence-electron chi connectivity index (χ4n) is 3.06. The molecule has 1 saturated heterocycles. The molecule has 0 radical (unpaired) electrons. The van der Waals surface area contributed by atoms with Gasteiger partial charge in [0.1, 0.15) is 17.9 Å². The molecule has 2 aromatic heterocycles. The Morgan fingerprint density at radius 1 is 1.25 bits per heavy atom. The molecule has 19 heteroatoms. The Labute approximate surface area is 179 Å². The van der Waals surface area contributed by atoms with Crippen LogP contribution in [0.25, 0.3) is 5.52 Å². The summed E-state index contributed by atoms with van der Waals surface area (Å²) < 4.78 is 52.7. The molecular weight excluding hydrogens is 497 g/mol. The Kier molecular flexibility index (Phi) is 6.69. The molecule has 0 saturated carbocycles. The monoisotopic (exact) mass is 514 g/mol. The van der Waals surface area contributed by atoms with E-state index in [0.717, 1.165) is 6.33 Å². The molecule has 1 aliphatic heterocycles. The van der Waals surface area contributed by atoms with Crippen molar-refractivity contribution in [3.8, 4) is 12.3 Å². The molecule has 3 heterocycles. The first kappa shape index (κ1) is 24.9. The molecule has 16 nitrogen and oxygen atoms in total. The lowest BCUT2D eigenvalue weighted by Crippen LogP contribution is -2.36. The summed E-state index contributed by atoms with van der Waals surface area (Å²) in [5.41, 5.74) is 4.60. The molecular formula is C13H17N4O12P3. The van der Waals surface area contributed by atoms with E-state index < -0.39 is 47.9 Å². The van der Waals surface area contributed by atoms with Crippen LogP contribution in [0.4, 0.5) is 5.82 Å². The van der Waals surface area contributed by atoms with Gasteiger partial charge in [0.25, 0.3) is 0 Å². The molecule has 1 aliphatic rings. The van der Waals surface area contributed by atoms with Gasteiger partial charge in [-0.1, -0.05) is 5.92 Å². The van der Waals surface area contributed by atoms with E-state index in [2.05, 4.69) is 29.1 Å². The van der Waals surface area contributed by atoms with Crippen LogP contribution >= 0.6 is 23.5 Å². The first-order chi connectivity index (χ1) is 14.7. The number of hydrogen-bond donors (Lipinski definition) is 6. The van der Waals surface area contributed by atoms with Crippen LogP contribution in [0.1, 0.15) is 12.1 Å². The maximum absolute atomic E-state index is 11.9. The third kappa shape index (κ3) is 5.27. The van der Waals surface area contributed by atoms with Crippen molar-refractivity contribution in [1.29, 1.82) is 0 Å². The van der Waals surface area contributed by atoms with Crippen molar-refractivity contribution < 1.29 is 56.3 Å². The van der Waals surface area contributed by atoms with E-state index in [1.807, 2.05) is 0 Å². The largest absolute Gasteiger partial charge is 0.490 e. The van der Waals surface area contributed by atoms with Gasteiger partial charge < -0.3 is 35.2 Å². The molecule has 5 atom stereocenters. The predicted octanol–water partition coefficient (Wildman–Crippen LogP) is -0.367. The van der Waals surface area contributed by atoms with Gasteiger partial charge in [-0.2, -0.15) is 13.7 Å². The minimum atomic E-state index is -5.67. The highest BCUT2D eigenvalue weighted by atomic mass is 31.3. The van der Waals surface area contributed by atoms with Crippen molar-refractivity contribution >= 4 is 34.8 Å². The number of aliphatic hydroxyl groups excluding tert-OH is 1. The summed E-state index contributed by atoms with van der Waals surface area (Å²) in [5.74, 6) is 2.46. The molecule has 2 aromatic rings. The highest BCUT2D eigenvalue weighted by Crippen LogP contribution is 2.66. The molecule has 0 aliphatic carbocycles. The first-order valence-electron chi connectivity index (χ1n) is 8.39. The zero-order valence-electron chi connectivity index (χ0n) is 15.7. The number of anilines is 1. The number of aliphatic hydroxyl groups is 1. The standard InChI is InChI=1S/C13H17N4O12P3/c1-2-13(10-4-3-9-12(14)15-7-16-17(9)10)11(18)5-8(27-13)6-26-31(22,23)29-32(24,25)28-30(19,20)21/h1,3-4,7-8,11,18H,5-6H2,(H,22,23)(H,24,25)(H2,14,15,16)(H2,19,20,21). The number of hydrogen-bond acceptors (Lipinski definition) is 11. The average molecular weight is 514 g/mol. The quantitative estimate of drug-likeness (QED) is 0.194. The number of nitrogen functional groups attached to an aromatic ring is 1. The second-order valence-corrected chi connectivity index (χ2v) is 10.8. The summed E-state index contributed by atoms with van der Waals surface area (Å²) in [6.07, 6.45) is 4.12. The zero-order chi connectivity index (χ0) is 23.9. The molecule has 0 amide bonds. The molecule has 0 bridgehead atoms. The average Bonchev–Trinajstić information content (AvgIpc) is 3.19. The van der Waals surface area contributed by atoms with E-state index in [0.29, 0.717) is 5.52 Å². The summed E-state index contributed by atoms with van der Waals surface area (Å²) >= 11 is 0. The summed E-state index contributed by atoms with van der Waals surface area (Å²) in [4.78, 5) is 39.6. The highest BCUT2D eigenvalue weighted by molar-refractivity contribution is 7.66. The molecule has 3 rings (SSSR count). The number of rotatable bonds is 8. The zero-order valence-corrected chi connectivity index (χ0v) is 18.4. The Balaban J connectivity index is 1.75. The van der Waals surface area contributed by atoms with Crippen molar-refractivity contribution in [3.63, 3.8) is 0 Å². The van der Waals surface area contributed by atoms with Crippen LogP contribution in [0.3, 0.4) is 0 Å². The van der Waals surface area contributed by atoms with Gasteiger partial charge in [0.05, 0.1) is 18.4 Å². The Morgan fingerprint density at radius 2 is 1.94 bits per heavy atom. The van der Waals surface area contributed by atoms with Crippen molar-refractivity contribution in [2.24, 2.45) is 0 Å². The van der Waals surface area contributed by atoms with Crippen LogP contribution in [-0.2, 0) is 37.2 Å². The van der Waals surface area contributed by atoms with Gasteiger partial charge in [-0.3, -0.25) is 4.52 Å². The summed E-state index contributed by atoms with van der Waals surface area (Å²) in [6.45, 7) is -0.773. The summed E-state index contributed by atoms with van der Waals surface area (Å²) in [7, 11) is -16.6. The second-order valence-electron chi connectivity index (χ2n) is 6.42. The van der Waals surface area contributed by atoms with Crippen molar-refractivity contribution in [2.45, 2.75) is 24.2 Å². The molecule has 32 heavy (non-hydrogen) atoms.